The number of aromatic nitrogens is 1. The number of hydrogen-bond acceptors (Lipinski definition) is 5. The summed E-state index contributed by atoms with van der Waals surface area (Å²) in [6.07, 6.45) is 3.61. The summed E-state index contributed by atoms with van der Waals surface area (Å²) in [5, 5.41) is 7.78. The number of aryl methyl sites for hydroxylation is 2. The molecule has 2 aliphatic rings. The zero-order valence-electron chi connectivity index (χ0n) is 11.9. The van der Waals surface area contributed by atoms with Crippen molar-refractivity contribution in [1.82, 2.24) is 4.98 Å². The molecule has 1 aliphatic carbocycles. The van der Waals surface area contributed by atoms with Gasteiger partial charge in [0.15, 0.2) is 9.84 Å². The second kappa shape index (κ2) is 5.29. The second-order valence-electron chi connectivity index (χ2n) is 5.73. The molecular formula is C14H20N4O2S. The van der Waals surface area contributed by atoms with Gasteiger partial charge in [-0.15, -0.1) is 0 Å². The minimum atomic E-state index is -2.96. The van der Waals surface area contributed by atoms with Crippen molar-refractivity contribution in [3.63, 3.8) is 0 Å². The van der Waals surface area contributed by atoms with Crippen LogP contribution in [0.2, 0.25) is 0 Å². The van der Waals surface area contributed by atoms with Gasteiger partial charge < -0.3 is 10.6 Å². The number of nitrogens with two attached hydrogens (primary N) is 1. The van der Waals surface area contributed by atoms with Crippen molar-refractivity contribution in [1.29, 1.82) is 5.41 Å². The second-order valence-corrected chi connectivity index (χ2v) is 8.03. The van der Waals surface area contributed by atoms with Gasteiger partial charge in [0.1, 0.15) is 11.7 Å². The van der Waals surface area contributed by atoms with Crippen molar-refractivity contribution in [3.8, 4) is 0 Å². The average Bonchev–Trinajstić information content (AvgIpc) is 2.80. The van der Waals surface area contributed by atoms with Crippen LogP contribution in [0.5, 0.6) is 0 Å². The van der Waals surface area contributed by atoms with Crippen LogP contribution in [-0.4, -0.2) is 43.8 Å². The highest BCUT2D eigenvalue weighted by molar-refractivity contribution is 7.91. The van der Waals surface area contributed by atoms with Crippen LogP contribution in [0.25, 0.3) is 0 Å². The van der Waals surface area contributed by atoms with Crippen LogP contribution < -0.4 is 10.6 Å². The van der Waals surface area contributed by atoms with E-state index in [1.807, 2.05) is 11.0 Å². The number of hydrogen-bond donors (Lipinski definition) is 2. The molecule has 0 saturated carbocycles. The lowest BCUT2D eigenvalue weighted by Gasteiger charge is -2.24. The van der Waals surface area contributed by atoms with Gasteiger partial charge in [0, 0.05) is 18.8 Å². The standard InChI is InChI=1S/C14H20N4O2S/c15-13(16)11-9-10-3-1-4-12(10)17-14(11)18-5-2-7-21(19,20)8-6-18/h9H,1-8H2,(H3,15,16). The number of amidine groups is 1. The maximum Gasteiger partial charge on any atom is 0.152 e. The van der Waals surface area contributed by atoms with Crippen molar-refractivity contribution < 1.29 is 8.42 Å². The number of rotatable bonds is 2. The third kappa shape index (κ3) is 2.88. The van der Waals surface area contributed by atoms with Crippen LogP contribution in [0.15, 0.2) is 6.07 Å². The molecule has 21 heavy (non-hydrogen) atoms. The summed E-state index contributed by atoms with van der Waals surface area (Å²) in [6.45, 7) is 1.07. The summed E-state index contributed by atoms with van der Waals surface area (Å²) < 4.78 is 23.5. The third-order valence-corrected chi connectivity index (χ3v) is 5.89. The first kappa shape index (κ1) is 14.3. The highest BCUT2D eigenvalue weighted by atomic mass is 32.2. The quantitative estimate of drug-likeness (QED) is 0.611. The summed E-state index contributed by atoms with van der Waals surface area (Å²) in [4.78, 5) is 6.67. The fourth-order valence-corrected chi connectivity index (χ4v) is 4.32. The van der Waals surface area contributed by atoms with Gasteiger partial charge in [0.25, 0.3) is 0 Å². The van der Waals surface area contributed by atoms with Crippen molar-refractivity contribution in [3.05, 3.63) is 22.9 Å². The Morgan fingerprint density at radius 3 is 2.81 bits per heavy atom. The zero-order valence-corrected chi connectivity index (χ0v) is 12.7. The van der Waals surface area contributed by atoms with Crippen molar-refractivity contribution in [2.75, 3.05) is 29.5 Å². The molecule has 7 heteroatoms. The van der Waals surface area contributed by atoms with E-state index in [2.05, 4.69) is 0 Å². The predicted octanol–water partition coefficient (Wildman–Crippen LogP) is 0.479. The van der Waals surface area contributed by atoms with Gasteiger partial charge in [0.05, 0.1) is 17.1 Å². The Kier molecular flexibility index (Phi) is 3.61. The van der Waals surface area contributed by atoms with Gasteiger partial charge >= 0.3 is 0 Å². The number of anilines is 1. The third-order valence-electron chi connectivity index (χ3n) is 4.18. The minimum Gasteiger partial charge on any atom is -0.384 e. The van der Waals surface area contributed by atoms with Crippen LogP contribution >= 0.6 is 0 Å². The minimum absolute atomic E-state index is 0.000644. The van der Waals surface area contributed by atoms with Gasteiger partial charge in [-0.1, -0.05) is 0 Å². The maximum atomic E-state index is 11.7. The highest BCUT2D eigenvalue weighted by Crippen LogP contribution is 2.28. The molecule has 0 unspecified atom stereocenters. The first-order valence-electron chi connectivity index (χ1n) is 7.29. The molecule has 0 radical (unpaired) electrons. The van der Waals surface area contributed by atoms with Gasteiger partial charge in [-0.2, -0.15) is 0 Å². The molecule has 1 aromatic heterocycles. The number of fused-ring (bicyclic) bond motifs is 1. The molecule has 2 heterocycles. The van der Waals surface area contributed by atoms with E-state index in [1.165, 1.54) is 5.56 Å². The number of nitrogens with one attached hydrogen (secondary N) is 1. The molecule has 1 aliphatic heterocycles. The lowest BCUT2D eigenvalue weighted by atomic mass is 10.1. The van der Waals surface area contributed by atoms with Crippen LogP contribution in [0, 0.1) is 5.41 Å². The number of pyridine rings is 1. The highest BCUT2D eigenvalue weighted by Gasteiger charge is 2.25. The molecule has 0 spiro atoms. The van der Waals surface area contributed by atoms with E-state index < -0.39 is 9.84 Å². The summed E-state index contributed by atoms with van der Waals surface area (Å²) >= 11 is 0. The zero-order chi connectivity index (χ0) is 15.0. The largest absolute Gasteiger partial charge is 0.384 e. The van der Waals surface area contributed by atoms with E-state index >= 15 is 0 Å². The molecule has 1 saturated heterocycles. The molecule has 3 rings (SSSR count). The molecule has 0 atom stereocenters. The Bertz CT molecular complexity index is 684. The Morgan fingerprint density at radius 2 is 2.05 bits per heavy atom. The average molecular weight is 308 g/mol. The fraction of sp³-hybridized carbons (Fsp3) is 0.571. The molecule has 0 bridgehead atoms. The molecule has 0 amide bonds. The van der Waals surface area contributed by atoms with E-state index in [9.17, 15) is 8.42 Å². The first-order chi connectivity index (χ1) is 9.96. The molecule has 1 aromatic rings. The van der Waals surface area contributed by atoms with E-state index in [0.29, 0.717) is 30.9 Å². The molecule has 0 aromatic carbocycles. The lowest BCUT2D eigenvalue weighted by molar-refractivity contribution is 0.597. The Labute approximate surface area is 124 Å². The first-order valence-corrected chi connectivity index (χ1v) is 9.11. The fourth-order valence-electron chi connectivity index (χ4n) is 3.05. The van der Waals surface area contributed by atoms with E-state index in [1.54, 1.807) is 0 Å². The van der Waals surface area contributed by atoms with Crippen LogP contribution in [0.3, 0.4) is 0 Å². The van der Waals surface area contributed by atoms with Gasteiger partial charge in [0.2, 0.25) is 0 Å². The van der Waals surface area contributed by atoms with Crippen LogP contribution in [0.1, 0.15) is 29.7 Å². The van der Waals surface area contributed by atoms with Crippen molar-refractivity contribution in [2.24, 2.45) is 5.73 Å². The van der Waals surface area contributed by atoms with Gasteiger partial charge in [-0.25, -0.2) is 13.4 Å². The molecule has 3 N–H and O–H groups in total. The van der Waals surface area contributed by atoms with E-state index in [4.69, 9.17) is 16.1 Å². The number of nitrogens with zero attached hydrogens (tertiary/aromatic N) is 2. The Balaban J connectivity index is 1.99. The predicted molar refractivity (Wildman–Crippen MR) is 82.8 cm³/mol. The Hall–Kier alpha value is -1.63. The molecule has 114 valence electrons. The maximum absolute atomic E-state index is 11.7. The molecule has 6 nitrogen and oxygen atoms in total. The van der Waals surface area contributed by atoms with Gasteiger partial charge in [-0.3, -0.25) is 5.41 Å². The summed E-state index contributed by atoms with van der Waals surface area (Å²) in [6, 6.07) is 1.96. The lowest BCUT2D eigenvalue weighted by Crippen LogP contribution is -2.30. The SMILES string of the molecule is N=C(N)c1cc2c(nc1N1CCCS(=O)(=O)CC1)CCC2. The van der Waals surface area contributed by atoms with E-state index in [-0.39, 0.29) is 17.3 Å². The molecular weight excluding hydrogens is 288 g/mol. The summed E-state index contributed by atoms with van der Waals surface area (Å²) in [5.74, 6) is 1.05. The normalized spacial score (nSPS) is 20.9. The van der Waals surface area contributed by atoms with E-state index in [0.717, 1.165) is 25.0 Å². The number of nitrogen functional groups attached to an aromatic ring is 1. The van der Waals surface area contributed by atoms with Crippen LogP contribution in [-0.2, 0) is 22.7 Å². The van der Waals surface area contributed by atoms with Crippen LogP contribution in [0.4, 0.5) is 5.82 Å². The Morgan fingerprint density at radius 1 is 1.24 bits per heavy atom. The topological polar surface area (TPSA) is 100 Å². The monoisotopic (exact) mass is 308 g/mol. The smallest absolute Gasteiger partial charge is 0.152 e. The van der Waals surface area contributed by atoms with Gasteiger partial charge in [-0.05, 0) is 37.3 Å². The molecule has 1 fully saturated rings. The number of sulfone groups is 1. The summed E-state index contributed by atoms with van der Waals surface area (Å²) in [7, 11) is -2.96. The van der Waals surface area contributed by atoms with Crippen molar-refractivity contribution in [2.45, 2.75) is 25.7 Å². The van der Waals surface area contributed by atoms with Crippen molar-refractivity contribution >= 4 is 21.5 Å². The summed E-state index contributed by atoms with van der Waals surface area (Å²) in [5.41, 5.74) is 8.58.